The number of allylic oxidation sites excluding steroid dienone is 3. The zero-order valence-electron chi connectivity index (χ0n) is 13.9. The second-order valence-corrected chi connectivity index (χ2v) is 3.86. The molecule has 0 bridgehead atoms. The summed E-state index contributed by atoms with van der Waals surface area (Å²) < 4.78 is 0. The average Bonchev–Trinajstić information content (AvgIpc) is 2.57. The first kappa shape index (κ1) is 26.1. The summed E-state index contributed by atoms with van der Waals surface area (Å²) in [6.07, 6.45) is 9.37. The third kappa shape index (κ3) is 9.12. The van der Waals surface area contributed by atoms with Crippen LogP contribution < -0.4 is 0 Å². The van der Waals surface area contributed by atoms with Gasteiger partial charge in [0.25, 0.3) is 0 Å². The number of hydrogen-bond donors (Lipinski definition) is 0. The second kappa shape index (κ2) is 14.6. The zero-order valence-corrected chi connectivity index (χ0v) is 21.3. The Labute approximate surface area is 122 Å². The Balaban J connectivity index is -0.000000171. The molecular formula is C16H31NRfS-2. The van der Waals surface area contributed by atoms with Gasteiger partial charge >= 0.3 is 0 Å². The summed E-state index contributed by atoms with van der Waals surface area (Å²) in [6, 6.07) is 0. The summed E-state index contributed by atoms with van der Waals surface area (Å²) in [5.41, 5.74) is 1.26. The van der Waals surface area contributed by atoms with Crippen LogP contribution in [0.25, 0.3) is 0 Å². The maximum Gasteiger partial charge on any atom is 0.0190 e. The fourth-order valence-corrected chi connectivity index (χ4v) is 1.30. The van der Waals surface area contributed by atoms with Crippen molar-refractivity contribution in [3.05, 3.63) is 36.6 Å². The predicted octanol–water partition coefficient (Wildman–Crippen LogP) is 5.32. The van der Waals surface area contributed by atoms with Crippen LogP contribution in [0, 0.1) is 12.8 Å². The van der Waals surface area contributed by atoms with Crippen LogP contribution in [-0.2, 0) is 0 Å². The van der Waals surface area contributed by atoms with Gasteiger partial charge in [-0.05, 0) is 18.0 Å². The third-order valence-electron chi connectivity index (χ3n) is 2.63. The van der Waals surface area contributed by atoms with Crippen LogP contribution in [0.2, 0.25) is 0 Å². The van der Waals surface area contributed by atoms with Crippen molar-refractivity contribution in [2.24, 2.45) is 4.99 Å². The van der Waals surface area contributed by atoms with Crippen molar-refractivity contribution in [3.8, 4) is 0 Å². The SMILES string of the molecule is CC.CCC1=CC(C)([C-](C)C)N=CC=C1.S.[CH2-]C.[Rf]. The Morgan fingerprint density at radius 2 is 1.74 bits per heavy atom. The molecule has 1 unspecified atom stereocenters. The van der Waals surface area contributed by atoms with E-state index in [-0.39, 0.29) is 19.0 Å². The Morgan fingerprint density at radius 3 is 2.11 bits per heavy atom. The van der Waals surface area contributed by atoms with Gasteiger partial charge in [0.2, 0.25) is 0 Å². The molecule has 19 heavy (non-hydrogen) atoms. The molecule has 1 atom stereocenters. The van der Waals surface area contributed by atoms with E-state index in [2.05, 4.69) is 51.8 Å². The van der Waals surface area contributed by atoms with E-state index in [1.165, 1.54) is 11.5 Å². The van der Waals surface area contributed by atoms with Crippen molar-refractivity contribution >= 4 is 19.7 Å². The van der Waals surface area contributed by atoms with E-state index in [9.17, 15) is 0 Å². The van der Waals surface area contributed by atoms with Crippen molar-refractivity contribution in [1.29, 1.82) is 0 Å². The van der Waals surface area contributed by atoms with Crippen molar-refractivity contribution in [2.45, 2.75) is 60.4 Å². The van der Waals surface area contributed by atoms with E-state index in [0.29, 0.717) is 0 Å². The van der Waals surface area contributed by atoms with Gasteiger partial charge in [0.15, 0.2) is 0 Å². The van der Waals surface area contributed by atoms with E-state index >= 15 is 0 Å². The molecule has 0 spiro atoms. The number of nitrogens with zero attached hydrogens (tertiary/aromatic N) is 1. The van der Waals surface area contributed by atoms with E-state index in [1.807, 2.05) is 26.1 Å². The molecule has 1 rings (SSSR count). The molecule has 0 radical (unpaired) electrons. The van der Waals surface area contributed by atoms with Gasteiger partial charge in [-0.15, -0.1) is 0 Å². The van der Waals surface area contributed by atoms with E-state index in [0.717, 1.165) is 6.42 Å². The van der Waals surface area contributed by atoms with Crippen molar-refractivity contribution in [2.75, 3.05) is 0 Å². The van der Waals surface area contributed by atoms with Crippen LogP contribution in [0.5, 0.6) is 0 Å². The van der Waals surface area contributed by atoms with E-state index in [4.69, 9.17) is 0 Å². The average molecular weight is 536 g/mol. The monoisotopic (exact) mass is 536 g/mol. The van der Waals surface area contributed by atoms with Crippen molar-refractivity contribution in [1.82, 2.24) is 0 Å². The molecule has 0 saturated carbocycles. The van der Waals surface area contributed by atoms with Gasteiger partial charge in [-0.25, -0.2) is 0 Å². The quantitative estimate of drug-likeness (QED) is 0.424. The number of hydrogen-bond acceptors (Lipinski definition) is 1. The molecule has 1 nitrogen and oxygen atoms in total. The van der Waals surface area contributed by atoms with Crippen LogP contribution in [0.15, 0.2) is 28.8 Å². The fraction of sp³-hybridized carbons (Fsp3) is 0.562. The van der Waals surface area contributed by atoms with Crippen molar-refractivity contribution < 1.29 is 0 Å². The normalized spacial score (nSPS) is 19.5. The third-order valence-corrected chi connectivity index (χ3v) is 2.63. The molecule has 0 saturated heterocycles. The summed E-state index contributed by atoms with van der Waals surface area (Å²) >= 11 is 0. The molecule has 1 heterocycles. The molecule has 0 amide bonds. The molecule has 0 aromatic heterocycles. The minimum atomic E-state index is -0.102. The van der Waals surface area contributed by atoms with Gasteiger partial charge < -0.3 is 11.9 Å². The molecule has 1 aliphatic rings. The molecule has 0 aliphatic carbocycles. The first-order valence-corrected chi connectivity index (χ1v) is 6.53. The second-order valence-electron chi connectivity index (χ2n) is 3.86. The number of rotatable bonds is 2. The van der Waals surface area contributed by atoms with Crippen LogP contribution >= 0.6 is 13.5 Å². The summed E-state index contributed by atoms with van der Waals surface area (Å²) in [5, 5.41) is 0. The predicted molar refractivity (Wildman–Crippen MR) is 91.8 cm³/mol. The van der Waals surface area contributed by atoms with Gasteiger partial charge in [0.05, 0.1) is 0 Å². The summed E-state index contributed by atoms with van der Waals surface area (Å²) in [7, 11) is 0. The van der Waals surface area contributed by atoms with E-state index < -0.39 is 0 Å². The van der Waals surface area contributed by atoms with Crippen LogP contribution in [0.1, 0.15) is 54.9 Å². The van der Waals surface area contributed by atoms with Crippen LogP contribution in [0.4, 0.5) is 0 Å². The standard InChI is InChI=1S/C12H18N.C2H6.C2H5.Rf.H2S/c1-5-11-7-6-8-13-12(4,9-11)10(2)3;2*1-2;;/h6-9H,5H2,1-4H3;1-2H3;1H2,2H3;;1H2/q-1;;-1;;. The topological polar surface area (TPSA) is 12.4 Å². The smallest absolute Gasteiger partial charge is 0.0190 e. The Hall–Kier alpha value is -1.50. The maximum absolute atomic E-state index is 4.53. The van der Waals surface area contributed by atoms with Crippen LogP contribution in [0.3, 0.4) is 0 Å². The minimum absolute atomic E-state index is 0. The van der Waals surface area contributed by atoms with Crippen molar-refractivity contribution in [3.63, 3.8) is 0 Å². The van der Waals surface area contributed by atoms with Gasteiger partial charge in [0, 0.05) is 6.21 Å². The summed E-state index contributed by atoms with van der Waals surface area (Å²) in [4.78, 5) is 4.53. The first-order valence-electron chi connectivity index (χ1n) is 6.53. The van der Waals surface area contributed by atoms with E-state index in [1.54, 1.807) is 6.92 Å². The first-order chi connectivity index (χ1) is 8.08. The molecule has 0 fully saturated rings. The fourth-order valence-electron chi connectivity index (χ4n) is 1.30. The van der Waals surface area contributed by atoms with Gasteiger partial charge in [0.1, 0.15) is 0 Å². The molecular weight excluding hydrogens is 505 g/mol. The van der Waals surface area contributed by atoms with Gasteiger partial charge in [-0.2, -0.15) is 34.3 Å². The Kier molecular flexibility index (Phi) is 20.0. The largest absolute Gasteiger partial charge is 0.346 e. The molecule has 110 valence electrons. The maximum atomic E-state index is 4.53. The molecule has 0 aromatic rings. The van der Waals surface area contributed by atoms with Gasteiger partial charge in [-0.3, -0.25) is 5.92 Å². The molecule has 3 heteroatoms. The zero-order chi connectivity index (χ0) is 13.9. The number of aliphatic imine (C=N–C) groups is 1. The molecule has 0 N–H and O–H groups in total. The molecule has 0 aromatic carbocycles. The molecule has 1 aliphatic heterocycles. The Bertz CT molecular complexity index is 270. The summed E-state index contributed by atoms with van der Waals surface area (Å²) in [5.74, 6) is 1.33. The van der Waals surface area contributed by atoms with Gasteiger partial charge in [-0.1, -0.05) is 45.4 Å². The summed E-state index contributed by atoms with van der Waals surface area (Å²) in [6.45, 7) is 17.6. The Morgan fingerprint density at radius 1 is 1.26 bits per heavy atom. The van der Waals surface area contributed by atoms with Crippen LogP contribution in [-0.4, -0.2) is 11.8 Å². The minimum Gasteiger partial charge on any atom is -0.346 e.